The first-order valence-electron chi connectivity index (χ1n) is 11.1. The summed E-state index contributed by atoms with van der Waals surface area (Å²) in [4.78, 5) is 41.6. The molecule has 3 heterocycles. The maximum Gasteiger partial charge on any atom is 0.322 e. The van der Waals surface area contributed by atoms with Crippen LogP contribution in [0.2, 0.25) is 0 Å². The monoisotopic (exact) mass is 446 g/mol. The van der Waals surface area contributed by atoms with Crippen molar-refractivity contribution >= 4 is 28.9 Å². The van der Waals surface area contributed by atoms with Crippen LogP contribution in [0.25, 0.3) is 11.0 Å². The molecule has 0 unspecified atom stereocenters. The average Bonchev–Trinajstić information content (AvgIpc) is 3.45. The van der Waals surface area contributed by atoms with Gasteiger partial charge in [-0.15, -0.1) is 0 Å². The van der Waals surface area contributed by atoms with Gasteiger partial charge >= 0.3 is 6.03 Å². The van der Waals surface area contributed by atoms with E-state index in [0.29, 0.717) is 18.7 Å². The molecule has 0 bridgehead atoms. The zero-order valence-corrected chi connectivity index (χ0v) is 18.5. The first-order chi connectivity index (χ1) is 15.9. The van der Waals surface area contributed by atoms with E-state index in [1.165, 1.54) is 0 Å². The Balaban J connectivity index is 1.33. The summed E-state index contributed by atoms with van der Waals surface area (Å²) in [6.07, 6.45) is 0. The number of amides is 4. The van der Waals surface area contributed by atoms with Gasteiger partial charge in [0.05, 0.1) is 17.1 Å². The van der Waals surface area contributed by atoms with E-state index in [4.69, 9.17) is 4.98 Å². The molecule has 4 N–H and O–H groups in total. The lowest BCUT2D eigenvalue weighted by Crippen LogP contribution is -2.62. The maximum absolute atomic E-state index is 12.9. The normalized spacial score (nSPS) is 22.2. The predicted octanol–water partition coefficient (Wildman–Crippen LogP) is 1.49. The fraction of sp³-hybridized carbons (Fsp3) is 0.333. The van der Waals surface area contributed by atoms with Crippen LogP contribution in [0.15, 0.2) is 48.5 Å². The van der Waals surface area contributed by atoms with Crippen molar-refractivity contribution in [2.75, 3.05) is 13.1 Å². The number of carbonyl (C=O) groups is 3. The van der Waals surface area contributed by atoms with Crippen LogP contribution < -0.4 is 21.3 Å². The Morgan fingerprint density at radius 2 is 1.94 bits per heavy atom. The summed E-state index contributed by atoms with van der Waals surface area (Å²) in [5, 5.41) is 10.9. The highest BCUT2D eigenvalue weighted by Gasteiger charge is 2.55. The Bertz CT molecular complexity index is 1250. The average molecular weight is 447 g/mol. The van der Waals surface area contributed by atoms with Crippen molar-refractivity contribution in [3.8, 4) is 0 Å². The summed E-state index contributed by atoms with van der Waals surface area (Å²) in [6.45, 7) is 5.57. The third-order valence-corrected chi connectivity index (χ3v) is 6.38. The van der Waals surface area contributed by atoms with E-state index in [0.717, 1.165) is 22.4 Å². The largest absolute Gasteiger partial charge is 0.345 e. The zero-order chi connectivity index (χ0) is 23.2. The van der Waals surface area contributed by atoms with E-state index in [1.807, 2.05) is 30.3 Å². The van der Waals surface area contributed by atoms with E-state index >= 15 is 0 Å². The number of urea groups is 1. The third kappa shape index (κ3) is 3.64. The number of fused-ring (bicyclic) bond motifs is 1. The number of imide groups is 1. The molecule has 33 heavy (non-hydrogen) atoms. The number of para-hydroxylation sites is 2. The molecule has 1 aromatic heterocycles. The molecule has 0 radical (unpaired) electrons. The molecule has 0 saturated carbocycles. The van der Waals surface area contributed by atoms with Crippen LogP contribution in [-0.4, -0.2) is 52.1 Å². The van der Waals surface area contributed by atoms with Crippen molar-refractivity contribution in [1.82, 2.24) is 30.8 Å². The molecule has 4 amide bonds. The highest BCUT2D eigenvalue weighted by Crippen LogP contribution is 2.24. The second-order valence-corrected chi connectivity index (χ2v) is 8.93. The summed E-state index contributed by atoms with van der Waals surface area (Å²) in [5.41, 5.74) is 2.45. The summed E-state index contributed by atoms with van der Waals surface area (Å²) in [5.74, 6) is 0.586. The number of nitrogens with one attached hydrogen (secondary N) is 4. The minimum absolute atomic E-state index is 0.269. The number of rotatable bonds is 5. The van der Waals surface area contributed by atoms with Gasteiger partial charge in [-0.3, -0.25) is 14.9 Å². The van der Waals surface area contributed by atoms with Crippen LogP contribution >= 0.6 is 0 Å². The van der Waals surface area contributed by atoms with E-state index in [9.17, 15) is 14.4 Å². The Labute approximate surface area is 190 Å². The molecule has 5 rings (SSSR count). The number of imidazole rings is 1. The molecule has 2 fully saturated rings. The number of benzene rings is 2. The van der Waals surface area contributed by atoms with Gasteiger partial charge in [0.2, 0.25) is 0 Å². The molecule has 2 aromatic carbocycles. The lowest BCUT2D eigenvalue weighted by atomic mass is 9.93. The van der Waals surface area contributed by atoms with Crippen LogP contribution in [0.3, 0.4) is 0 Å². The smallest absolute Gasteiger partial charge is 0.322 e. The van der Waals surface area contributed by atoms with Gasteiger partial charge in [0.25, 0.3) is 11.8 Å². The van der Waals surface area contributed by atoms with Crippen LogP contribution in [0.1, 0.15) is 41.5 Å². The fourth-order valence-corrected chi connectivity index (χ4v) is 4.65. The molecule has 9 heteroatoms. The van der Waals surface area contributed by atoms with Crippen LogP contribution in [0, 0.1) is 0 Å². The molecule has 170 valence electrons. The van der Waals surface area contributed by atoms with Crippen molar-refractivity contribution in [2.45, 2.75) is 37.9 Å². The molecule has 2 aliphatic heterocycles. The highest BCUT2D eigenvalue weighted by atomic mass is 16.2. The van der Waals surface area contributed by atoms with Gasteiger partial charge in [0, 0.05) is 31.1 Å². The minimum atomic E-state index is -1.15. The molecule has 2 atom stereocenters. The molecular formula is C24H26N6O3. The number of hydrogen-bond acceptors (Lipinski definition) is 5. The first kappa shape index (κ1) is 21.1. The Hall–Kier alpha value is -3.72. The summed E-state index contributed by atoms with van der Waals surface area (Å²) in [6, 6.07) is 14.4. The molecule has 3 aromatic rings. The number of nitrogens with zero attached hydrogens (tertiary/aromatic N) is 2. The van der Waals surface area contributed by atoms with E-state index in [2.05, 4.69) is 45.7 Å². The molecule has 2 aliphatic rings. The van der Waals surface area contributed by atoms with Gasteiger partial charge in [0.1, 0.15) is 5.82 Å². The lowest BCUT2D eigenvalue weighted by Gasteiger charge is -2.27. The summed E-state index contributed by atoms with van der Waals surface area (Å²) >= 11 is 0. The van der Waals surface area contributed by atoms with E-state index in [1.54, 1.807) is 12.1 Å². The molecule has 0 aliphatic carbocycles. The van der Waals surface area contributed by atoms with Gasteiger partial charge < -0.3 is 20.5 Å². The summed E-state index contributed by atoms with van der Waals surface area (Å²) < 4.78 is 2.21. The van der Waals surface area contributed by atoms with Crippen molar-refractivity contribution in [3.05, 3.63) is 65.5 Å². The highest BCUT2D eigenvalue weighted by molar-refractivity contribution is 6.08. The second kappa shape index (κ2) is 8.00. The van der Waals surface area contributed by atoms with Gasteiger partial charge in [-0.1, -0.05) is 38.1 Å². The second-order valence-electron chi connectivity index (χ2n) is 8.93. The van der Waals surface area contributed by atoms with Gasteiger partial charge in [-0.2, -0.15) is 0 Å². The molecular weight excluding hydrogens is 420 g/mol. The third-order valence-electron chi connectivity index (χ3n) is 6.38. The summed E-state index contributed by atoms with van der Waals surface area (Å²) in [7, 11) is 0. The Morgan fingerprint density at radius 1 is 1.18 bits per heavy atom. The molecule has 1 spiro atoms. The fourth-order valence-electron chi connectivity index (χ4n) is 4.65. The Kier molecular flexibility index (Phi) is 5.13. The first-order valence-corrected chi connectivity index (χ1v) is 11.1. The topological polar surface area (TPSA) is 117 Å². The van der Waals surface area contributed by atoms with Crippen LogP contribution in [0.5, 0.6) is 0 Å². The van der Waals surface area contributed by atoms with Crippen molar-refractivity contribution in [3.63, 3.8) is 0 Å². The minimum Gasteiger partial charge on any atom is -0.345 e. The lowest BCUT2D eigenvalue weighted by molar-refractivity contribution is -0.123. The molecule has 2 saturated heterocycles. The quantitative estimate of drug-likeness (QED) is 0.443. The van der Waals surface area contributed by atoms with E-state index < -0.39 is 23.5 Å². The number of hydrogen-bond donors (Lipinski definition) is 4. The van der Waals surface area contributed by atoms with Gasteiger partial charge in [-0.25, -0.2) is 9.78 Å². The predicted molar refractivity (Wildman–Crippen MR) is 123 cm³/mol. The number of aromatic nitrogens is 2. The zero-order valence-electron chi connectivity index (χ0n) is 18.5. The Morgan fingerprint density at radius 3 is 2.64 bits per heavy atom. The molecule has 9 nitrogen and oxygen atoms in total. The van der Waals surface area contributed by atoms with Gasteiger partial charge in [-0.05, 0) is 29.8 Å². The van der Waals surface area contributed by atoms with Crippen molar-refractivity contribution in [1.29, 1.82) is 0 Å². The standard InChI is InChI=1S/C24H26N6O3/c1-14(2)20-26-17-5-3-4-6-18(17)30(20)12-15-7-9-16(10-8-15)21(31)27-19-11-25-13-24(19)22(32)28-23(33)29-24/h3-10,14,19,25H,11-13H2,1-2H3,(H,27,31)(H2,28,29,32,33)/t19-,24+/m1/s1. The van der Waals surface area contributed by atoms with Crippen molar-refractivity contribution < 1.29 is 14.4 Å². The SMILES string of the molecule is CC(C)c1nc2ccccc2n1Cc1ccc(C(=O)N[C@@H]2CNC[C@]23NC(=O)NC3=O)cc1. The van der Waals surface area contributed by atoms with E-state index in [-0.39, 0.29) is 18.4 Å². The van der Waals surface area contributed by atoms with Crippen molar-refractivity contribution in [2.24, 2.45) is 0 Å². The van der Waals surface area contributed by atoms with Crippen LogP contribution in [-0.2, 0) is 11.3 Å². The van der Waals surface area contributed by atoms with Crippen LogP contribution in [0.4, 0.5) is 4.79 Å². The maximum atomic E-state index is 12.9. The van der Waals surface area contributed by atoms with Gasteiger partial charge in [0.15, 0.2) is 5.54 Å². The number of carbonyl (C=O) groups excluding carboxylic acids is 3.